The van der Waals surface area contributed by atoms with Gasteiger partial charge < -0.3 is 5.32 Å². The molecule has 0 aliphatic carbocycles. The lowest BCUT2D eigenvalue weighted by Crippen LogP contribution is -2.25. The van der Waals surface area contributed by atoms with Crippen molar-refractivity contribution < 1.29 is 0 Å². The molecule has 2 rings (SSSR count). The summed E-state index contributed by atoms with van der Waals surface area (Å²) in [6, 6.07) is 4.42. The first-order chi connectivity index (χ1) is 7.70. The molecule has 1 unspecified atom stereocenters. The lowest BCUT2D eigenvalue weighted by atomic mass is 10.2. The molecule has 1 N–H and O–H groups in total. The highest BCUT2D eigenvalue weighted by molar-refractivity contribution is 9.10. The maximum Gasteiger partial charge on any atom is 0.160 e. The second-order valence-electron chi connectivity index (χ2n) is 3.88. The third-order valence-electron chi connectivity index (χ3n) is 2.66. The molecular formula is C11H15BrN4. The summed E-state index contributed by atoms with van der Waals surface area (Å²) in [4.78, 5) is 0. The molecule has 0 aliphatic rings. The van der Waals surface area contributed by atoms with Crippen molar-refractivity contribution >= 4 is 21.6 Å². The molecule has 5 heteroatoms. The monoisotopic (exact) mass is 282 g/mol. The quantitative estimate of drug-likeness (QED) is 0.936. The smallest absolute Gasteiger partial charge is 0.160 e. The zero-order valence-electron chi connectivity index (χ0n) is 9.44. The SMILES string of the molecule is CCC(C)NCc1nnc2ccc(Br)cn12. The van der Waals surface area contributed by atoms with Crippen molar-refractivity contribution in [3.05, 3.63) is 28.6 Å². The maximum absolute atomic E-state index is 4.17. The van der Waals surface area contributed by atoms with E-state index in [4.69, 9.17) is 0 Å². The number of nitrogens with one attached hydrogen (secondary N) is 1. The number of hydrogen-bond donors (Lipinski definition) is 1. The van der Waals surface area contributed by atoms with E-state index in [2.05, 4.69) is 45.3 Å². The summed E-state index contributed by atoms with van der Waals surface area (Å²) < 4.78 is 3.03. The average Bonchev–Trinajstić information content (AvgIpc) is 2.68. The zero-order valence-corrected chi connectivity index (χ0v) is 11.0. The van der Waals surface area contributed by atoms with Crippen LogP contribution < -0.4 is 5.32 Å². The molecule has 0 amide bonds. The van der Waals surface area contributed by atoms with Crippen LogP contribution in [0, 0.1) is 0 Å². The summed E-state index contributed by atoms with van der Waals surface area (Å²) in [5, 5.41) is 11.7. The molecule has 2 aromatic heterocycles. The van der Waals surface area contributed by atoms with Gasteiger partial charge in [0.25, 0.3) is 0 Å². The number of nitrogens with zero attached hydrogens (tertiary/aromatic N) is 3. The van der Waals surface area contributed by atoms with Crippen LogP contribution in [0.4, 0.5) is 0 Å². The Kier molecular flexibility index (Phi) is 3.56. The van der Waals surface area contributed by atoms with Crippen LogP contribution in [0.3, 0.4) is 0 Å². The van der Waals surface area contributed by atoms with E-state index in [0.29, 0.717) is 6.04 Å². The van der Waals surface area contributed by atoms with Crippen LogP contribution in [0.15, 0.2) is 22.8 Å². The lowest BCUT2D eigenvalue weighted by molar-refractivity contribution is 0.521. The summed E-state index contributed by atoms with van der Waals surface area (Å²) in [5.41, 5.74) is 0.879. The molecule has 4 nitrogen and oxygen atoms in total. The highest BCUT2D eigenvalue weighted by Crippen LogP contribution is 2.12. The lowest BCUT2D eigenvalue weighted by Gasteiger charge is -2.09. The van der Waals surface area contributed by atoms with Crippen molar-refractivity contribution in [3.63, 3.8) is 0 Å². The summed E-state index contributed by atoms with van der Waals surface area (Å²) in [6.07, 6.45) is 3.10. The first-order valence-electron chi connectivity index (χ1n) is 5.43. The van der Waals surface area contributed by atoms with E-state index in [0.717, 1.165) is 28.9 Å². The second kappa shape index (κ2) is 4.93. The topological polar surface area (TPSA) is 42.2 Å². The number of halogens is 1. The van der Waals surface area contributed by atoms with Crippen LogP contribution in [0.1, 0.15) is 26.1 Å². The number of fused-ring (bicyclic) bond motifs is 1. The first kappa shape index (κ1) is 11.5. The minimum atomic E-state index is 0.500. The average molecular weight is 283 g/mol. The minimum Gasteiger partial charge on any atom is -0.307 e. The fourth-order valence-corrected chi connectivity index (χ4v) is 1.78. The molecule has 0 aliphatic heterocycles. The fourth-order valence-electron chi connectivity index (χ4n) is 1.44. The van der Waals surface area contributed by atoms with E-state index >= 15 is 0 Å². The van der Waals surface area contributed by atoms with E-state index in [1.165, 1.54) is 0 Å². The molecule has 0 radical (unpaired) electrons. The molecule has 0 saturated carbocycles. The molecule has 0 saturated heterocycles. The van der Waals surface area contributed by atoms with Gasteiger partial charge in [-0.1, -0.05) is 6.92 Å². The largest absolute Gasteiger partial charge is 0.307 e. The van der Waals surface area contributed by atoms with Crippen molar-refractivity contribution in [2.45, 2.75) is 32.9 Å². The molecule has 0 spiro atoms. The Bertz CT molecular complexity index is 480. The zero-order chi connectivity index (χ0) is 11.5. The predicted molar refractivity (Wildman–Crippen MR) is 67.3 cm³/mol. The second-order valence-corrected chi connectivity index (χ2v) is 4.80. The molecule has 0 fully saturated rings. The molecule has 16 heavy (non-hydrogen) atoms. The van der Waals surface area contributed by atoms with Gasteiger partial charge in [0.1, 0.15) is 0 Å². The normalized spacial score (nSPS) is 13.2. The number of aromatic nitrogens is 3. The number of pyridine rings is 1. The van der Waals surface area contributed by atoms with Crippen LogP contribution in [-0.2, 0) is 6.54 Å². The van der Waals surface area contributed by atoms with Gasteiger partial charge in [-0.25, -0.2) is 0 Å². The predicted octanol–water partition coefficient (Wildman–Crippen LogP) is 2.38. The van der Waals surface area contributed by atoms with Gasteiger partial charge in [0.2, 0.25) is 0 Å². The highest BCUT2D eigenvalue weighted by atomic mass is 79.9. The van der Waals surface area contributed by atoms with E-state index in [1.807, 2.05) is 22.7 Å². The van der Waals surface area contributed by atoms with E-state index in [-0.39, 0.29) is 0 Å². The third kappa shape index (κ3) is 2.41. The van der Waals surface area contributed by atoms with Crippen molar-refractivity contribution in [2.75, 3.05) is 0 Å². The number of hydrogen-bond acceptors (Lipinski definition) is 3. The van der Waals surface area contributed by atoms with Crippen LogP contribution in [0.25, 0.3) is 5.65 Å². The third-order valence-corrected chi connectivity index (χ3v) is 3.13. The molecule has 2 heterocycles. The van der Waals surface area contributed by atoms with Gasteiger partial charge in [-0.05, 0) is 41.4 Å². The van der Waals surface area contributed by atoms with Crippen molar-refractivity contribution in [1.82, 2.24) is 19.9 Å². The molecular weight excluding hydrogens is 268 g/mol. The minimum absolute atomic E-state index is 0.500. The van der Waals surface area contributed by atoms with E-state index in [9.17, 15) is 0 Å². The van der Waals surface area contributed by atoms with Crippen molar-refractivity contribution in [2.24, 2.45) is 0 Å². The van der Waals surface area contributed by atoms with Crippen LogP contribution in [0.2, 0.25) is 0 Å². The Morgan fingerprint density at radius 2 is 2.25 bits per heavy atom. The Balaban J connectivity index is 2.21. The van der Waals surface area contributed by atoms with Crippen LogP contribution in [-0.4, -0.2) is 20.6 Å². The summed E-state index contributed by atoms with van der Waals surface area (Å²) >= 11 is 3.45. The van der Waals surface area contributed by atoms with Crippen molar-refractivity contribution in [3.8, 4) is 0 Å². The number of rotatable bonds is 4. The summed E-state index contributed by atoms with van der Waals surface area (Å²) in [5.74, 6) is 0.941. The summed E-state index contributed by atoms with van der Waals surface area (Å²) in [7, 11) is 0. The standard InChI is InChI=1S/C11H15BrN4/c1-3-8(2)13-6-11-15-14-10-5-4-9(12)7-16(10)11/h4-5,7-8,13H,3,6H2,1-2H3. The molecule has 0 bridgehead atoms. The maximum atomic E-state index is 4.17. The van der Waals surface area contributed by atoms with Gasteiger partial charge in [-0.2, -0.15) is 0 Å². The van der Waals surface area contributed by atoms with Gasteiger partial charge in [0.05, 0.1) is 6.54 Å². The van der Waals surface area contributed by atoms with Gasteiger partial charge in [-0.15, -0.1) is 10.2 Å². The van der Waals surface area contributed by atoms with Gasteiger partial charge in [-0.3, -0.25) is 4.40 Å². The summed E-state index contributed by atoms with van der Waals surface area (Å²) in [6.45, 7) is 5.07. The van der Waals surface area contributed by atoms with Crippen LogP contribution >= 0.6 is 15.9 Å². The fraction of sp³-hybridized carbons (Fsp3) is 0.455. The van der Waals surface area contributed by atoms with Gasteiger partial charge in [0.15, 0.2) is 11.5 Å². The van der Waals surface area contributed by atoms with Crippen LogP contribution in [0.5, 0.6) is 0 Å². The first-order valence-corrected chi connectivity index (χ1v) is 6.22. The molecule has 86 valence electrons. The Morgan fingerprint density at radius 3 is 3.00 bits per heavy atom. The van der Waals surface area contributed by atoms with Gasteiger partial charge in [0, 0.05) is 16.7 Å². The Morgan fingerprint density at radius 1 is 1.44 bits per heavy atom. The van der Waals surface area contributed by atoms with E-state index < -0.39 is 0 Å². The van der Waals surface area contributed by atoms with E-state index in [1.54, 1.807) is 0 Å². The van der Waals surface area contributed by atoms with Crippen molar-refractivity contribution in [1.29, 1.82) is 0 Å². The molecule has 1 atom stereocenters. The molecule has 0 aromatic carbocycles. The highest BCUT2D eigenvalue weighted by Gasteiger charge is 2.06. The molecule has 2 aromatic rings. The Hall–Kier alpha value is -0.940. The Labute approximate surface area is 103 Å². The van der Waals surface area contributed by atoms with Gasteiger partial charge >= 0.3 is 0 Å².